The van der Waals surface area contributed by atoms with Crippen LogP contribution in [-0.4, -0.2) is 47.3 Å². The summed E-state index contributed by atoms with van der Waals surface area (Å²) < 4.78 is 6.49. The van der Waals surface area contributed by atoms with Gasteiger partial charge < -0.3 is 20.3 Å². The highest BCUT2D eigenvalue weighted by Gasteiger charge is 2.27. The van der Waals surface area contributed by atoms with Gasteiger partial charge in [0.1, 0.15) is 5.75 Å². The van der Waals surface area contributed by atoms with E-state index in [1.165, 1.54) is 18.3 Å². The number of para-hydroxylation sites is 1. The zero-order valence-corrected chi connectivity index (χ0v) is 19.2. The second-order valence-corrected chi connectivity index (χ2v) is 8.97. The van der Waals surface area contributed by atoms with Crippen LogP contribution in [0.15, 0.2) is 48.5 Å². The minimum Gasteiger partial charge on any atom is -0.493 e. The van der Waals surface area contributed by atoms with Crippen molar-refractivity contribution in [2.24, 2.45) is 5.92 Å². The quantitative estimate of drug-likeness (QED) is 0.550. The van der Waals surface area contributed by atoms with Gasteiger partial charge in [-0.3, -0.25) is 14.4 Å². The van der Waals surface area contributed by atoms with Gasteiger partial charge in [0.15, 0.2) is 5.13 Å². The Morgan fingerprint density at radius 1 is 1.09 bits per heavy atom. The molecule has 3 amide bonds. The van der Waals surface area contributed by atoms with Crippen molar-refractivity contribution in [3.8, 4) is 5.75 Å². The molecule has 0 unspecified atom stereocenters. The van der Waals surface area contributed by atoms with E-state index in [4.69, 9.17) is 4.74 Å². The second-order valence-electron chi connectivity index (χ2n) is 7.94. The minimum absolute atomic E-state index is 0.0472. The third-order valence-corrected chi connectivity index (χ3v) is 6.42. The van der Waals surface area contributed by atoms with E-state index in [1.54, 1.807) is 11.0 Å². The van der Waals surface area contributed by atoms with Crippen LogP contribution in [0.4, 0.5) is 10.8 Å². The number of carbonyl (C=O) groups is 3. The maximum absolute atomic E-state index is 12.7. The molecule has 33 heavy (non-hydrogen) atoms. The van der Waals surface area contributed by atoms with E-state index in [9.17, 15) is 14.4 Å². The summed E-state index contributed by atoms with van der Waals surface area (Å²) in [7, 11) is 0. The van der Waals surface area contributed by atoms with Crippen molar-refractivity contribution < 1.29 is 19.1 Å². The average molecular weight is 467 g/mol. The highest BCUT2D eigenvalue weighted by molar-refractivity contribution is 7.22. The number of nitrogens with zero attached hydrogens (tertiary/aromatic N) is 2. The van der Waals surface area contributed by atoms with E-state index in [2.05, 4.69) is 15.6 Å². The normalized spacial score (nSPS) is 14.2. The van der Waals surface area contributed by atoms with Crippen LogP contribution < -0.4 is 15.4 Å². The van der Waals surface area contributed by atoms with Gasteiger partial charge in [-0.1, -0.05) is 29.5 Å². The summed E-state index contributed by atoms with van der Waals surface area (Å²) in [5.74, 6) is 0.431. The highest BCUT2D eigenvalue weighted by atomic mass is 32.1. The maximum Gasteiger partial charge on any atom is 0.229 e. The smallest absolute Gasteiger partial charge is 0.229 e. The van der Waals surface area contributed by atoms with Crippen LogP contribution in [0.2, 0.25) is 0 Å². The molecule has 1 aromatic heterocycles. The predicted octanol–water partition coefficient (Wildman–Crippen LogP) is 3.90. The summed E-state index contributed by atoms with van der Waals surface area (Å²) in [6, 6.07) is 14.9. The summed E-state index contributed by atoms with van der Waals surface area (Å²) >= 11 is 1.37. The lowest BCUT2D eigenvalue weighted by molar-refractivity contribution is -0.135. The van der Waals surface area contributed by atoms with Crippen LogP contribution in [-0.2, 0) is 14.4 Å². The fraction of sp³-hybridized carbons (Fsp3) is 0.333. The minimum atomic E-state index is -0.156. The zero-order valence-electron chi connectivity index (χ0n) is 18.4. The third kappa shape index (κ3) is 6.07. The molecule has 172 valence electrons. The molecule has 0 radical (unpaired) electrons. The van der Waals surface area contributed by atoms with Crippen LogP contribution in [0.25, 0.3) is 10.2 Å². The van der Waals surface area contributed by atoms with Crippen LogP contribution in [0.3, 0.4) is 0 Å². The number of benzene rings is 2. The van der Waals surface area contributed by atoms with Crippen molar-refractivity contribution >= 4 is 50.1 Å². The lowest BCUT2D eigenvalue weighted by atomic mass is 9.96. The monoisotopic (exact) mass is 466 g/mol. The van der Waals surface area contributed by atoms with Crippen molar-refractivity contribution in [3.63, 3.8) is 0 Å². The number of carbonyl (C=O) groups excluding carboxylic acids is 3. The molecule has 2 aromatic carbocycles. The van der Waals surface area contributed by atoms with Crippen molar-refractivity contribution in [3.05, 3.63) is 48.5 Å². The Bertz CT molecular complexity index is 1140. The van der Waals surface area contributed by atoms with Crippen molar-refractivity contribution in [1.29, 1.82) is 0 Å². The van der Waals surface area contributed by atoms with Gasteiger partial charge in [-0.05, 0) is 43.2 Å². The number of amides is 3. The van der Waals surface area contributed by atoms with Crippen LogP contribution in [0.5, 0.6) is 5.75 Å². The number of fused-ring (bicyclic) bond motifs is 1. The Hall–Kier alpha value is -3.46. The first-order chi connectivity index (χ1) is 16.0. The van der Waals surface area contributed by atoms with Crippen molar-refractivity contribution in [2.75, 3.05) is 30.3 Å². The van der Waals surface area contributed by atoms with Gasteiger partial charge in [0, 0.05) is 31.6 Å². The number of piperidine rings is 1. The Kier molecular flexibility index (Phi) is 7.19. The number of nitrogens with one attached hydrogen (secondary N) is 2. The molecule has 1 aliphatic rings. The summed E-state index contributed by atoms with van der Waals surface area (Å²) in [4.78, 5) is 42.7. The van der Waals surface area contributed by atoms with E-state index < -0.39 is 0 Å². The van der Waals surface area contributed by atoms with E-state index >= 15 is 0 Å². The number of ether oxygens (including phenoxy) is 1. The molecule has 9 heteroatoms. The van der Waals surface area contributed by atoms with E-state index in [-0.39, 0.29) is 23.6 Å². The van der Waals surface area contributed by atoms with Gasteiger partial charge in [0.2, 0.25) is 17.7 Å². The van der Waals surface area contributed by atoms with Crippen LogP contribution in [0, 0.1) is 5.92 Å². The van der Waals surface area contributed by atoms with Crippen molar-refractivity contribution in [1.82, 2.24) is 9.88 Å². The maximum atomic E-state index is 12.7. The Morgan fingerprint density at radius 2 is 1.85 bits per heavy atom. The molecule has 4 rings (SSSR count). The summed E-state index contributed by atoms with van der Waals surface area (Å²) in [6.07, 6.45) is 1.56. The van der Waals surface area contributed by atoms with Crippen LogP contribution >= 0.6 is 11.3 Å². The molecular formula is C24H26N4O4S. The SMILES string of the molecule is CC(=O)Nc1ccc2nc(NC(=O)C3CCN(C(=O)CCOc4ccccc4)CC3)sc2c1. The number of thiazole rings is 1. The van der Waals surface area contributed by atoms with E-state index in [1.807, 2.05) is 42.5 Å². The number of hydrogen-bond donors (Lipinski definition) is 2. The predicted molar refractivity (Wildman–Crippen MR) is 128 cm³/mol. The van der Waals surface area contributed by atoms with Gasteiger partial charge >= 0.3 is 0 Å². The van der Waals surface area contributed by atoms with Gasteiger partial charge in [-0.25, -0.2) is 4.98 Å². The molecule has 8 nitrogen and oxygen atoms in total. The number of aromatic nitrogens is 1. The lowest BCUT2D eigenvalue weighted by Gasteiger charge is -2.31. The van der Waals surface area contributed by atoms with Gasteiger partial charge in [0.05, 0.1) is 23.2 Å². The topological polar surface area (TPSA) is 101 Å². The fourth-order valence-corrected chi connectivity index (χ4v) is 4.70. The van der Waals surface area contributed by atoms with Crippen LogP contribution in [0.1, 0.15) is 26.2 Å². The molecule has 1 saturated heterocycles. The first-order valence-electron chi connectivity index (χ1n) is 10.9. The molecular weight excluding hydrogens is 440 g/mol. The number of likely N-dealkylation sites (tertiary alicyclic amines) is 1. The van der Waals surface area contributed by atoms with Gasteiger partial charge in [-0.15, -0.1) is 0 Å². The molecule has 0 aliphatic carbocycles. The zero-order chi connectivity index (χ0) is 23.2. The Labute approximate surface area is 195 Å². The standard InChI is InChI=1S/C24H26N4O4S/c1-16(29)25-18-7-8-20-21(15-18)33-24(26-20)27-23(31)17-9-12-28(13-10-17)22(30)11-14-32-19-5-3-2-4-6-19/h2-8,15,17H,9-14H2,1H3,(H,25,29)(H,26,27,31). The van der Waals surface area contributed by atoms with Gasteiger partial charge in [-0.2, -0.15) is 0 Å². The van der Waals surface area contributed by atoms with E-state index in [0.717, 1.165) is 16.0 Å². The molecule has 1 fully saturated rings. The molecule has 3 aromatic rings. The largest absolute Gasteiger partial charge is 0.493 e. The number of anilines is 2. The van der Waals surface area contributed by atoms with E-state index in [0.29, 0.717) is 49.8 Å². The lowest BCUT2D eigenvalue weighted by Crippen LogP contribution is -2.41. The molecule has 2 N–H and O–H groups in total. The highest BCUT2D eigenvalue weighted by Crippen LogP contribution is 2.29. The summed E-state index contributed by atoms with van der Waals surface area (Å²) in [6.45, 7) is 2.91. The molecule has 0 spiro atoms. The van der Waals surface area contributed by atoms with Crippen molar-refractivity contribution in [2.45, 2.75) is 26.2 Å². The summed E-state index contributed by atoms with van der Waals surface area (Å²) in [5, 5.41) is 6.19. The molecule has 0 saturated carbocycles. The molecule has 0 atom stereocenters. The Morgan fingerprint density at radius 3 is 2.58 bits per heavy atom. The second kappa shape index (κ2) is 10.4. The first-order valence-corrected chi connectivity index (χ1v) is 11.7. The number of hydrogen-bond acceptors (Lipinski definition) is 6. The molecule has 1 aliphatic heterocycles. The number of rotatable bonds is 7. The van der Waals surface area contributed by atoms with Gasteiger partial charge in [0.25, 0.3) is 0 Å². The average Bonchev–Trinajstić information content (AvgIpc) is 3.21. The Balaban J connectivity index is 1.24. The molecule has 0 bridgehead atoms. The summed E-state index contributed by atoms with van der Waals surface area (Å²) in [5.41, 5.74) is 1.46. The molecule has 2 heterocycles. The third-order valence-electron chi connectivity index (χ3n) is 5.49. The fourth-order valence-electron chi connectivity index (χ4n) is 3.79. The first kappa shape index (κ1) is 22.7.